The zero-order valence-electron chi connectivity index (χ0n) is 38.8. The molecule has 0 fully saturated rings. The predicted molar refractivity (Wildman–Crippen MR) is 271 cm³/mol. The number of aromatic nitrogens is 4. The Morgan fingerprint density at radius 3 is 2.07 bits per heavy atom. The van der Waals surface area contributed by atoms with Gasteiger partial charge in [-0.2, -0.15) is 0 Å². The Morgan fingerprint density at radius 1 is 0.582 bits per heavy atom. The van der Waals surface area contributed by atoms with Crippen molar-refractivity contribution in [3.05, 3.63) is 190 Å². The average Bonchev–Trinajstić information content (AvgIpc) is 3.80. The van der Waals surface area contributed by atoms with Crippen LogP contribution in [-0.4, -0.2) is 18.7 Å². The molecule has 5 heterocycles. The van der Waals surface area contributed by atoms with Crippen molar-refractivity contribution in [3.63, 3.8) is 0 Å². The van der Waals surface area contributed by atoms with Gasteiger partial charge in [0.1, 0.15) is 0 Å². The second kappa shape index (κ2) is 15.1. The normalized spacial score (nSPS) is 14.1. The number of ether oxygens (including phenoxy) is 1. The number of hydrogen-bond donors (Lipinski definition) is 0. The fourth-order valence-electron chi connectivity index (χ4n) is 10.1. The number of imidazole rings is 1. The third-order valence-electron chi connectivity index (χ3n) is 13.6. The molecule has 12 rings (SSSR count). The molecule has 0 aliphatic carbocycles. The van der Waals surface area contributed by atoms with E-state index in [1.165, 1.54) is 54.5 Å². The van der Waals surface area contributed by atoms with Crippen molar-refractivity contribution in [2.24, 2.45) is 0 Å². The molecule has 0 saturated carbocycles. The Balaban J connectivity index is 0.973. The van der Waals surface area contributed by atoms with Crippen molar-refractivity contribution in [1.29, 1.82) is 0 Å². The summed E-state index contributed by atoms with van der Waals surface area (Å²) in [4.78, 5) is 9.91. The molecular formula is C59H49N5OPtS-2. The molecule has 0 amide bonds. The monoisotopic (exact) mass is 1070 g/mol. The molecule has 0 radical (unpaired) electrons. The van der Waals surface area contributed by atoms with Crippen LogP contribution in [0.25, 0.3) is 50.0 Å². The van der Waals surface area contributed by atoms with Crippen LogP contribution in [0.5, 0.6) is 11.5 Å². The summed E-state index contributed by atoms with van der Waals surface area (Å²) in [7, 11) is 0. The summed E-state index contributed by atoms with van der Waals surface area (Å²) in [6.45, 7) is 18.2. The van der Waals surface area contributed by atoms with Crippen LogP contribution >= 0.6 is 11.8 Å². The van der Waals surface area contributed by atoms with Crippen LogP contribution < -0.4 is 9.64 Å². The molecule has 0 bridgehead atoms. The molecule has 7 aromatic carbocycles. The number of fused-ring (bicyclic) bond motifs is 8. The van der Waals surface area contributed by atoms with Crippen LogP contribution in [0.2, 0.25) is 0 Å². The molecule has 8 heteroatoms. The zero-order chi connectivity index (χ0) is 46.1. The minimum absolute atomic E-state index is 0.00291. The maximum atomic E-state index is 6.75. The van der Waals surface area contributed by atoms with Gasteiger partial charge in [-0.1, -0.05) is 47.6 Å². The van der Waals surface area contributed by atoms with Gasteiger partial charge in [0.15, 0.2) is 0 Å². The Morgan fingerprint density at radius 2 is 1.28 bits per heavy atom. The van der Waals surface area contributed by atoms with Crippen molar-refractivity contribution >= 4 is 61.7 Å². The van der Waals surface area contributed by atoms with Crippen molar-refractivity contribution in [2.45, 2.75) is 81.4 Å². The zero-order valence-corrected chi connectivity index (χ0v) is 41.9. The van der Waals surface area contributed by atoms with E-state index in [2.05, 4.69) is 233 Å². The molecule has 0 saturated heterocycles. The van der Waals surface area contributed by atoms with Gasteiger partial charge < -0.3 is 0 Å². The summed E-state index contributed by atoms with van der Waals surface area (Å²) < 4.78 is 14.7. The number of para-hydroxylation sites is 4. The molecule has 10 aromatic rings. The van der Waals surface area contributed by atoms with Crippen molar-refractivity contribution < 1.29 is 24.1 Å². The van der Waals surface area contributed by atoms with E-state index >= 15 is 0 Å². The molecule has 0 spiro atoms. The standard InChI is InChI=1S/C59H49N5OS.Pt/c1-57(2,3)37-24-27-47-44(30-37)43-26-25-42(35-52(43)63(47)55-31-38(28-29-60-55)58(4,5)6)65-41-17-15-16-39(32-41)61-36-62(50-21-12-11-20-49(50)61)40-33-46-56-54(34-40)66-53-23-14-13-22-51(53)64(56)48-19-10-9-18-45(48)59(46,7)8;/h9-31,33-34H,1-8H3;/q-2;. The summed E-state index contributed by atoms with van der Waals surface area (Å²) in [6, 6.07) is 59.9. The van der Waals surface area contributed by atoms with Crippen LogP contribution in [0.15, 0.2) is 162 Å². The van der Waals surface area contributed by atoms with E-state index in [9.17, 15) is 0 Å². The first-order valence-corrected chi connectivity index (χ1v) is 24.8. The van der Waals surface area contributed by atoms with E-state index in [1.54, 1.807) is 0 Å². The van der Waals surface area contributed by atoms with Crippen LogP contribution in [0, 0.1) is 15.9 Å². The fourth-order valence-corrected chi connectivity index (χ4v) is 12.3. The molecule has 0 atom stereocenters. The number of rotatable bonds is 5. The van der Waals surface area contributed by atoms with Gasteiger partial charge in [0.05, 0.1) is 0 Å². The molecule has 0 N–H and O–H groups in total. The van der Waals surface area contributed by atoms with Crippen molar-refractivity contribution in [3.8, 4) is 28.7 Å². The van der Waals surface area contributed by atoms with Gasteiger partial charge in [-0.15, -0.1) is 0 Å². The molecule has 334 valence electrons. The maximum absolute atomic E-state index is 6.75. The minimum atomic E-state index is -0.235. The van der Waals surface area contributed by atoms with Gasteiger partial charge in [0.25, 0.3) is 0 Å². The first kappa shape index (κ1) is 42.0. The van der Waals surface area contributed by atoms with E-state index in [4.69, 9.17) is 9.72 Å². The second-order valence-electron chi connectivity index (χ2n) is 20.3. The van der Waals surface area contributed by atoms with Crippen molar-refractivity contribution in [1.82, 2.24) is 18.7 Å². The second-order valence-corrected chi connectivity index (χ2v) is 22.4. The summed E-state index contributed by atoms with van der Waals surface area (Å²) >= 11 is 4.35. The van der Waals surface area contributed by atoms with E-state index < -0.39 is 0 Å². The topological polar surface area (TPSA) is 40.1 Å². The SMILES string of the molecule is CC(C)(C)c1ccnc(-n2c3[c-]c(Oc4[c-]c(-n5[c](=[Pt])n(-c6cc7c8c(c6)C(C)(C)c6ccccc6N8c6ccccc6S7)c6ccccc65)ccc4)ccc3c3cc(C(C)(C)C)ccc32)c1. The van der Waals surface area contributed by atoms with E-state index in [-0.39, 0.29) is 16.2 Å². The van der Waals surface area contributed by atoms with Crippen LogP contribution in [0.4, 0.5) is 17.1 Å². The first-order chi connectivity index (χ1) is 32.1. The molecule has 3 aromatic heterocycles. The molecule has 0 unspecified atom stereocenters. The number of hydrogen-bond acceptors (Lipinski definition) is 4. The average molecular weight is 1070 g/mol. The Labute approximate surface area is 406 Å². The molecule has 2 aliphatic heterocycles. The Hall–Kier alpha value is -6.40. The summed E-state index contributed by atoms with van der Waals surface area (Å²) in [5.41, 5.74) is 14.8. The summed E-state index contributed by atoms with van der Waals surface area (Å²) in [5, 5.41) is 2.27. The number of nitrogens with zero attached hydrogens (tertiary/aromatic N) is 5. The number of benzene rings is 7. The third kappa shape index (κ3) is 6.64. The van der Waals surface area contributed by atoms with Gasteiger partial charge in [0, 0.05) is 6.20 Å². The van der Waals surface area contributed by atoms with E-state index in [0.29, 0.717) is 11.5 Å². The first-order valence-electron chi connectivity index (χ1n) is 22.9. The Kier molecular flexibility index (Phi) is 9.43. The quantitative estimate of drug-likeness (QED) is 0.161. The summed E-state index contributed by atoms with van der Waals surface area (Å²) in [6.07, 6.45) is 1.92. The molecule has 67 heavy (non-hydrogen) atoms. The van der Waals surface area contributed by atoms with Crippen molar-refractivity contribution in [2.75, 3.05) is 4.90 Å². The van der Waals surface area contributed by atoms with Gasteiger partial charge >= 0.3 is 328 Å². The Bertz CT molecular complexity index is 3750. The van der Waals surface area contributed by atoms with Gasteiger partial charge in [-0.05, 0) is 28.0 Å². The van der Waals surface area contributed by atoms with Gasteiger partial charge in [-0.3, -0.25) is 0 Å². The van der Waals surface area contributed by atoms with Gasteiger partial charge in [-0.25, -0.2) is 0 Å². The van der Waals surface area contributed by atoms with Crippen LogP contribution in [0.1, 0.15) is 77.6 Å². The number of anilines is 3. The third-order valence-corrected chi connectivity index (χ3v) is 15.7. The molecule has 2 aliphatic rings. The van der Waals surface area contributed by atoms with Gasteiger partial charge in [0.2, 0.25) is 0 Å². The fraction of sp³-hybridized carbons (Fsp3) is 0.186. The predicted octanol–water partition coefficient (Wildman–Crippen LogP) is 15.6. The summed E-state index contributed by atoms with van der Waals surface area (Å²) in [5.74, 6) is 2.07. The van der Waals surface area contributed by atoms with Crippen LogP contribution in [-0.2, 0) is 35.6 Å². The van der Waals surface area contributed by atoms with Crippen LogP contribution in [0.3, 0.4) is 0 Å². The van der Waals surface area contributed by atoms with E-state index in [1.807, 2.05) is 36.2 Å². The number of pyridine rings is 1. The molecular weight excluding hydrogens is 1020 g/mol. The molecule has 6 nitrogen and oxygen atoms in total. The van der Waals surface area contributed by atoms with E-state index in [0.717, 1.165) is 48.5 Å².